The lowest BCUT2D eigenvalue weighted by Gasteiger charge is -2.10. The molecule has 0 unspecified atom stereocenters. The molecule has 2 aromatic heterocycles. The number of phenols is 1. The molecule has 0 saturated heterocycles. The molecule has 4 rings (SSSR count). The molecule has 136 valence electrons. The maximum absolute atomic E-state index is 10.0. The Labute approximate surface area is 156 Å². The molecule has 0 aliphatic heterocycles. The number of aromatic amines is 1. The molecule has 27 heavy (non-hydrogen) atoms. The predicted molar refractivity (Wildman–Crippen MR) is 105 cm³/mol. The number of aromatic hydroxyl groups is 1. The van der Waals surface area contributed by atoms with Crippen molar-refractivity contribution >= 4 is 11.0 Å². The Kier molecular flexibility index (Phi) is 4.03. The lowest BCUT2D eigenvalue weighted by Crippen LogP contribution is -1.98. The number of ether oxygens (including phenoxy) is 1. The van der Waals surface area contributed by atoms with Crippen LogP contribution in [0.15, 0.2) is 36.4 Å². The molecular formula is C21H20N4O2. The number of nitrogens with one attached hydrogen (secondary N) is 1. The van der Waals surface area contributed by atoms with Crippen LogP contribution in [0.25, 0.3) is 33.7 Å². The highest BCUT2D eigenvalue weighted by Gasteiger charge is 2.16. The van der Waals surface area contributed by atoms with E-state index in [1.807, 2.05) is 57.2 Å². The number of para-hydroxylation sites is 1. The van der Waals surface area contributed by atoms with Crippen LogP contribution in [-0.4, -0.2) is 32.4 Å². The highest BCUT2D eigenvalue weighted by atomic mass is 16.5. The first-order chi connectivity index (χ1) is 13.0. The summed E-state index contributed by atoms with van der Waals surface area (Å²) in [6.45, 7) is 5.76. The fraction of sp³-hybridized carbons (Fsp3) is 0.190. The Morgan fingerprint density at radius 3 is 2.37 bits per heavy atom. The van der Waals surface area contributed by atoms with Gasteiger partial charge in [-0.05, 0) is 61.7 Å². The molecular weight excluding hydrogens is 340 g/mol. The monoisotopic (exact) mass is 360 g/mol. The normalized spacial score (nSPS) is 11.1. The third kappa shape index (κ3) is 2.89. The minimum absolute atomic E-state index is 0.299. The third-order valence-electron chi connectivity index (χ3n) is 4.71. The fourth-order valence-electron chi connectivity index (χ4n) is 3.25. The van der Waals surface area contributed by atoms with Gasteiger partial charge >= 0.3 is 0 Å². The van der Waals surface area contributed by atoms with E-state index in [-0.39, 0.29) is 0 Å². The van der Waals surface area contributed by atoms with E-state index in [2.05, 4.69) is 15.2 Å². The number of H-pyrrole nitrogens is 1. The van der Waals surface area contributed by atoms with Crippen LogP contribution in [-0.2, 0) is 0 Å². The van der Waals surface area contributed by atoms with Crippen LogP contribution in [0, 0.1) is 20.8 Å². The number of rotatable bonds is 3. The van der Waals surface area contributed by atoms with Gasteiger partial charge in [-0.3, -0.25) is 0 Å². The maximum Gasteiger partial charge on any atom is 0.244 e. The van der Waals surface area contributed by atoms with Gasteiger partial charge in [0, 0.05) is 5.56 Å². The van der Waals surface area contributed by atoms with Crippen molar-refractivity contribution in [2.24, 2.45) is 0 Å². The zero-order valence-electron chi connectivity index (χ0n) is 15.7. The van der Waals surface area contributed by atoms with E-state index in [4.69, 9.17) is 9.72 Å². The van der Waals surface area contributed by atoms with Gasteiger partial charge in [0.2, 0.25) is 5.88 Å². The van der Waals surface area contributed by atoms with Crippen molar-refractivity contribution in [3.8, 4) is 34.3 Å². The molecule has 0 spiro atoms. The zero-order valence-corrected chi connectivity index (χ0v) is 15.7. The molecule has 4 aromatic rings. The summed E-state index contributed by atoms with van der Waals surface area (Å²) in [5.41, 5.74) is 6.88. The first-order valence-corrected chi connectivity index (χ1v) is 8.66. The van der Waals surface area contributed by atoms with Crippen molar-refractivity contribution in [1.29, 1.82) is 0 Å². The van der Waals surface area contributed by atoms with Crippen LogP contribution < -0.4 is 4.74 Å². The summed E-state index contributed by atoms with van der Waals surface area (Å²) >= 11 is 0. The molecule has 0 saturated carbocycles. The molecule has 0 radical (unpaired) electrons. The number of aryl methyl sites for hydroxylation is 3. The van der Waals surface area contributed by atoms with Gasteiger partial charge < -0.3 is 14.8 Å². The minimum atomic E-state index is 0.299. The highest BCUT2D eigenvalue weighted by molar-refractivity contribution is 5.83. The van der Waals surface area contributed by atoms with Gasteiger partial charge in [-0.1, -0.05) is 12.1 Å². The lowest BCUT2D eigenvalue weighted by molar-refractivity contribution is 0.394. The topological polar surface area (TPSA) is 83.9 Å². The molecule has 0 fully saturated rings. The standard InChI is InChI=1S/C21H20N4O2/c1-11-6-5-7-16-18(11)23-20(22-16)15-10-17(24-25-21(15)27-4)14-8-12(2)19(26)13(3)9-14/h5-10,26H,1-4H3,(H,22,23). The van der Waals surface area contributed by atoms with E-state index >= 15 is 0 Å². The highest BCUT2D eigenvalue weighted by Crippen LogP contribution is 2.33. The van der Waals surface area contributed by atoms with E-state index in [1.165, 1.54) is 0 Å². The van der Waals surface area contributed by atoms with E-state index < -0.39 is 0 Å². The maximum atomic E-state index is 10.0. The number of phenolic OH excluding ortho intramolecular Hbond substituents is 1. The Bertz CT molecular complexity index is 1140. The Morgan fingerprint density at radius 1 is 0.963 bits per heavy atom. The smallest absolute Gasteiger partial charge is 0.244 e. The number of fused-ring (bicyclic) bond motifs is 1. The van der Waals surface area contributed by atoms with Crippen LogP contribution in [0.5, 0.6) is 11.6 Å². The van der Waals surface area contributed by atoms with Crippen LogP contribution in [0.1, 0.15) is 16.7 Å². The van der Waals surface area contributed by atoms with Crippen molar-refractivity contribution in [3.05, 3.63) is 53.1 Å². The minimum Gasteiger partial charge on any atom is -0.507 e. The van der Waals surface area contributed by atoms with Gasteiger partial charge in [0.25, 0.3) is 0 Å². The summed E-state index contributed by atoms with van der Waals surface area (Å²) in [7, 11) is 1.57. The summed E-state index contributed by atoms with van der Waals surface area (Å²) in [5.74, 6) is 1.38. The number of benzene rings is 2. The Morgan fingerprint density at radius 2 is 1.70 bits per heavy atom. The molecule has 0 bridgehead atoms. The summed E-state index contributed by atoms with van der Waals surface area (Å²) < 4.78 is 5.41. The first-order valence-electron chi connectivity index (χ1n) is 8.66. The summed E-state index contributed by atoms with van der Waals surface area (Å²) in [4.78, 5) is 8.07. The number of nitrogens with zero attached hydrogens (tertiary/aromatic N) is 3. The van der Waals surface area contributed by atoms with Crippen molar-refractivity contribution in [2.45, 2.75) is 20.8 Å². The Balaban J connectivity index is 1.90. The molecule has 2 N–H and O–H groups in total. The number of aromatic nitrogens is 4. The molecule has 6 nitrogen and oxygen atoms in total. The number of methoxy groups -OCH3 is 1. The number of hydrogen-bond donors (Lipinski definition) is 2. The molecule has 6 heteroatoms. The van der Waals surface area contributed by atoms with Gasteiger partial charge in [0.05, 0.1) is 29.4 Å². The molecule has 2 aromatic carbocycles. The SMILES string of the molecule is COc1nnc(-c2cc(C)c(O)c(C)c2)cc1-c1nc2c(C)cccc2[nH]1. The lowest BCUT2D eigenvalue weighted by atomic mass is 10.0. The average molecular weight is 360 g/mol. The summed E-state index contributed by atoms with van der Waals surface area (Å²) in [6, 6.07) is 11.7. The quantitative estimate of drug-likeness (QED) is 0.568. The van der Waals surface area contributed by atoms with Gasteiger partial charge in [-0.15, -0.1) is 10.2 Å². The van der Waals surface area contributed by atoms with E-state index in [0.29, 0.717) is 23.1 Å². The first kappa shape index (κ1) is 17.0. The van der Waals surface area contributed by atoms with Crippen LogP contribution in [0.2, 0.25) is 0 Å². The predicted octanol–water partition coefficient (Wildman–Crippen LogP) is 4.33. The average Bonchev–Trinajstić information content (AvgIpc) is 3.11. The van der Waals surface area contributed by atoms with Crippen LogP contribution in [0.4, 0.5) is 0 Å². The second-order valence-electron chi connectivity index (χ2n) is 6.67. The molecule has 0 aliphatic carbocycles. The van der Waals surface area contributed by atoms with Gasteiger partial charge in [0.1, 0.15) is 11.6 Å². The Hall–Kier alpha value is -3.41. The number of hydrogen-bond acceptors (Lipinski definition) is 5. The van der Waals surface area contributed by atoms with Gasteiger partial charge in [0.15, 0.2) is 0 Å². The van der Waals surface area contributed by atoms with Gasteiger partial charge in [-0.25, -0.2) is 4.98 Å². The van der Waals surface area contributed by atoms with E-state index in [9.17, 15) is 5.11 Å². The largest absolute Gasteiger partial charge is 0.507 e. The van der Waals surface area contributed by atoms with E-state index in [0.717, 1.165) is 38.9 Å². The summed E-state index contributed by atoms with van der Waals surface area (Å²) in [5, 5.41) is 18.5. The van der Waals surface area contributed by atoms with E-state index in [1.54, 1.807) is 7.11 Å². The molecule has 0 atom stereocenters. The van der Waals surface area contributed by atoms with Crippen molar-refractivity contribution in [3.63, 3.8) is 0 Å². The second-order valence-corrected chi connectivity index (χ2v) is 6.67. The fourth-order valence-corrected chi connectivity index (χ4v) is 3.25. The second kappa shape index (κ2) is 6.39. The van der Waals surface area contributed by atoms with Crippen molar-refractivity contribution < 1.29 is 9.84 Å². The van der Waals surface area contributed by atoms with Crippen molar-refractivity contribution in [1.82, 2.24) is 20.2 Å². The van der Waals surface area contributed by atoms with Crippen molar-refractivity contribution in [2.75, 3.05) is 7.11 Å². The zero-order chi connectivity index (χ0) is 19.1. The summed E-state index contributed by atoms with van der Waals surface area (Å²) in [6.07, 6.45) is 0. The number of imidazole rings is 1. The molecule has 2 heterocycles. The van der Waals surface area contributed by atoms with Crippen LogP contribution >= 0.6 is 0 Å². The third-order valence-corrected chi connectivity index (χ3v) is 4.71. The van der Waals surface area contributed by atoms with Gasteiger partial charge in [-0.2, -0.15) is 0 Å². The molecule has 0 amide bonds. The van der Waals surface area contributed by atoms with Crippen LogP contribution in [0.3, 0.4) is 0 Å². The molecule has 0 aliphatic rings.